The van der Waals surface area contributed by atoms with Crippen LogP contribution in [0.3, 0.4) is 0 Å². The van der Waals surface area contributed by atoms with Crippen LogP contribution in [0.15, 0.2) is 102 Å². The molecule has 0 bridgehead atoms. The number of aliphatic hydroxyl groups is 1. The van der Waals surface area contributed by atoms with E-state index < -0.39 is 6.29 Å². The number of pyridine rings is 2. The van der Waals surface area contributed by atoms with E-state index in [4.69, 9.17) is 9.47 Å². The molecule has 9 heteroatoms. The van der Waals surface area contributed by atoms with Crippen molar-refractivity contribution in [2.75, 3.05) is 11.1 Å². The van der Waals surface area contributed by atoms with Gasteiger partial charge in [0, 0.05) is 47.4 Å². The Hall–Kier alpha value is -3.76. The van der Waals surface area contributed by atoms with Crippen LogP contribution in [-0.4, -0.2) is 27.9 Å². The third-order valence-electron chi connectivity index (χ3n) is 6.67. The van der Waals surface area contributed by atoms with E-state index in [0.29, 0.717) is 22.0 Å². The maximum Gasteiger partial charge on any atom is 0.257 e. The predicted octanol–water partition coefficient (Wildman–Crippen LogP) is 5.04. The topological polar surface area (TPSA) is 108 Å². The maximum absolute atomic E-state index is 12.5. The quantitative estimate of drug-likeness (QED) is 0.182. The number of benzene rings is 2. The summed E-state index contributed by atoms with van der Waals surface area (Å²) in [6, 6.07) is 23.9. The second kappa shape index (κ2) is 12.4. The Balaban J connectivity index is 1.35. The molecule has 3 heterocycles. The first kappa shape index (κ1) is 26.8. The van der Waals surface area contributed by atoms with Gasteiger partial charge in [0.15, 0.2) is 12.5 Å². The number of nitrogens with one attached hydrogen (secondary N) is 1. The molecule has 4 aromatic rings. The van der Waals surface area contributed by atoms with Crippen LogP contribution >= 0.6 is 11.8 Å². The van der Waals surface area contributed by atoms with Crippen molar-refractivity contribution >= 4 is 23.4 Å². The Bertz CT molecular complexity index is 1390. The molecule has 8 nitrogen and oxygen atoms in total. The average Bonchev–Trinajstić information content (AvgIpc) is 2.98. The largest absolute Gasteiger partial charge is 0.618 e. The number of nitrogens with zero attached hydrogens (tertiary/aromatic N) is 2. The lowest BCUT2D eigenvalue weighted by atomic mass is 9.91. The van der Waals surface area contributed by atoms with Crippen LogP contribution < -0.4 is 10.0 Å². The standard InChI is InChI=1S/C30H29N3O5S/c1-20-26(19-39-27-6-2-3-16-33(27)36)37-30(38-28(20)22-9-7-21(18-34)8-10-22)23-11-13-25(14-12-23)32-29(35)24-5-4-15-31-17-24/h2-17,20,26,28,30,34H,18-19H2,1H3,(H,32,35)/t20-,26+,28+,30+/m1/s1. The van der Waals surface area contributed by atoms with Crippen LogP contribution in [0.1, 0.15) is 46.4 Å². The number of aromatic nitrogens is 2. The highest BCUT2D eigenvalue weighted by molar-refractivity contribution is 7.99. The fraction of sp³-hybridized carbons (Fsp3) is 0.233. The highest BCUT2D eigenvalue weighted by atomic mass is 32.2. The van der Waals surface area contributed by atoms with Gasteiger partial charge in [0.25, 0.3) is 10.9 Å². The van der Waals surface area contributed by atoms with Crippen LogP contribution in [0, 0.1) is 11.1 Å². The summed E-state index contributed by atoms with van der Waals surface area (Å²) in [5.41, 5.74) is 3.75. The van der Waals surface area contributed by atoms with Gasteiger partial charge in [-0.2, -0.15) is 4.73 Å². The fourth-order valence-corrected chi connectivity index (χ4v) is 5.51. The minimum Gasteiger partial charge on any atom is -0.618 e. The molecule has 1 saturated heterocycles. The van der Waals surface area contributed by atoms with Gasteiger partial charge < -0.3 is 25.1 Å². The zero-order valence-electron chi connectivity index (χ0n) is 21.3. The molecular weight excluding hydrogens is 514 g/mol. The molecule has 0 aliphatic carbocycles. The van der Waals surface area contributed by atoms with E-state index in [1.54, 1.807) is 30.5 Å². The van der Waals surface area contributed by atoms with Gasteiger partial charge in [0.2, 0.25) is 0 Å². The molecule has 1 amide bonds. The highest BCUT2D eigenvalue weighted by Crippen LogP contribution is 2.43. The molecule has 0 saturated carbocycles. The molecule has 5 rings (SSSR count). The fourth-order valence-electron chi connectivity index (χ4n) is 4.43. The number of anilines is 1. The van der Waals surface area contributed by atoms with Gasteiger partial charge in [-0.3, -0.25) is 9.78 Å². The van der Waals surface area contributed by atoms with Crippen LogP contribution in [0.25, 0.3) is 0 Å². The molecule has 39 heavy (non-hydrogen) atoms. The number of aliphatic hydroxyl groups excluding tert-OH is 1. The summed E-state index contributed by atoms with van der Waals surface area (Å²) in [6.07, 6.45) is 3.51. The zero-order chi connectivity index (χ0) is 27.2. The lowest BCUT2D eigenvalue weighted by molar-refractivity contribution is -0.645. The first-order chi connectivity index (χ1) is 19.0. The Kier molecular flexibility index (Phi) is 8.53. The van der Waals surface area contributed by atoms with Crippen LogP contribution in [-0.2, 0) is 16.1 Å². The lowest BCUT2D eigenvalue weighted by Gasteiger charge is -2.41. The predicted molar refractivity (Wildman–Crippen MR) is 148 cm³/mol. The molecule has 200 valence electrons. The van der Waals surface area contributed by atoms with Gasteiger partial charge >= 0.3 is 0 Å². The van der Waals surface area contributed by atoms with Crippen LogP contribution in [0.4, 0.5) is 5.69 Å². The molecule has 2 N–H and O–H groups in total. The molecule has 1 fully saturated rings. The van der Waals surface area contributed by atoms with Crippen molar-refractivity contribution in [3.05, 3.63) is 125 Å². The summed E-state index contributed by atoms with van der Waals surface area (Å²) < 4.78 is 13.8. The number of carbonyl (C=O) groups is 1. The Morgan fingerprint density at radius 3 is 2.49 bits per heavy atom. The molecule has 1 aliphatic heterocycles. The van der Waals surface area contributed by atoms with E-state index in [2.05, 4.69) is 17.2 Å². The van der Waals surface area contributed by atoms with E-state index in [1.807, 2.05) is 54.6 Å². The van der Waals surface area contributed by atoms with Crippen molar-refractivity contribution in [2.45, 2.75) is 37.1 Å². The van der Waals surface area contributed by atoms with Gasteiger partial charge in [-0.1, -0.05) is 55.1 Å². The molecule has 0 spiro atoms. The third-order valence-corrected chi connectivity index (χ3v) is 7.78. The number of thioether (sulfide) groups is 1. The monoisotopic (exact) mass is 543 g/mol. The molecule has 0 unspecified atom stereocenters. The number of rotatable bonds is 8. The molecule has 0 radical (unpaired) electrons. The zero-order valence-corrected chi connectivity index (χ0v) is 22.2. The number of carbonyl (C=O) groups excluding carboxylic acids is 1. The van der Waals surface area contributed by atoms with Gasteiger partial charge in [-0.15, -0.1) is 0 Å². The molecule has 4 atom stereocenters. The van der Waals surface area contributed by atoms with Crippen molar-refractivity contribution < 1.29 is 24.1 Å². The molecule has 2 aromatic heterocycles. The van der Waals surface area contributed by atoms with Gasteiger partial charge in [-0.05, 0) is 41.5 Å². The summed E-state index contributed by atoms with van der Waals surface area (Å²) in [5, 5.41) is 25.1. The van der Waals surface area contributed by atoms with E-state index >= 15 is 0 Å². The molecule has 1 aliphatic rings. The smallest absolute Gasteiger partial charge is 0.257 e. The molecular formula is C30H29N3O5S. The SMILES string of the molecule is C[C@@H]1[C@H](CSc2cccc[n+]2[O-])O[C@H](c2ccc(NC(=O)c3cccnc3)cc2)O[C@@H]1c1ccc(CO)cc1. The van der Waals surface area contributed by atoms with Gasteiger partial charge in [-0.25, -0.2) is 0 Å². The van der Waals surface area contributed by atoms with Crippen molar-refractivity contribution in [3.8, 4) is 0 Å². The van der Waals surface area contributed by atoms with Crippen LogP contribution in [0.2, 0.25) is 0 Å². The number of hydrogen-bond acceptors (Lipinski definition) is 7. The first-order valence-corrected chi connectivity index (χ1v) is 13.6. The van der Waals surface area contributed by atoms with Crippen molar-refractivity contribution in [2.24, 2.45) is 5.92 Å². The van der Waals surface area contributed by atoms with E-state index in [-0.39, 0.29) is 30.6 Å². The minimum atomic E-state index is -0.646. The number of amides is 1. The van der Waals surface area contributed by atoms with E-state index in [9.17, 15) is 15.1 Å². The van der Waals surface area contributed by atoms with E-state index in [0.717, 1.165) is 21.4 Å². The molecule has 2 aromatic carbocycles. The highest BCUT2D eigenvalue weighted by Gasteiger charge is 2.38. The lowest BCUT2D eigenvalue weighted by Crippen LogP contribution is -2.39. The van der Waals surface area contributed by atoms with Crippen molar-refractivity contribution in [1.82, 2.24) is 4.98 Å². The average molecular weight is 544 g/mol. The van der Waals surface area contributed by atoms with E-state index in [1.165, 1.54) is 24.2 Å². The van der Waals surface area contributed by atoms with Gasteiger partial charge in [0.05, 0.1) is 24.4 Å². The summed E-state index contributed by atoms with van der Waals surface area (Å²) in [5.74, 6) is 0.322. The minimum absolute atomic E-state index is 0.00409. The number of hydrogen-bond donors (Lipinski definition) is 2. The first-order valence-electron chi connectivity index (χ1n) is 12.6. The summed E-state index contributed by atoms with van der Waals surface area (Å²) >= 11 is 1.45. The Morgan fingerprint density at radius 2 is 1.79 bits per heavy atom. The normalized spacial score (nSPS) is 20.9. The summed E-state index contributed by atoms with van der Waals surface area (Å²) in [4.78, 5) is 16.5. The van der Waals surface area contributed by atoms with Crippen LogP contribution in [0.5, 0.6) is 0 Å². The second-order valence-corrected chi connectivity index (χ2v) is 10.4. The van der Waals surface area contributed by atoms with Crippen molar-refractivity contribution in [1.29, 1.82) is 0 Å². The summed E-state index contributed by atoms with van der Waals surface area (Å²) in [7, 11) is 0. The van der Waals surface area contributed by atoms with Gasteiger partial charge in [0.1, 0.15) is 0 Å². The maximum atomic E-state index is 12.5. The Labute approximate surface area is 231 Å². The Morgan fingerprint density at radius 1 is 1.03 bits per heavy atom. The van der Waals surface area contributed by atoms with Crippen molar-refractivity contribution in [3.63, 3.8) is 0 Å². The third kappa shape index (κ3) is 6.46. The summed E-state index contributed by atoms with van der Waals surface area (Å²) in [6.45, 7) is 2.06. The second-order valence-electron chi connectivity index (χ2n) is 9.32. The number of ether oxygens (including phenoxy) is 2.